The molecule has 0 fully saturated rings. The van der Waals surface area contributed by atoms with Crippen molar-refractivity contribution in [2.24, 2.45) is 0 Å². The molecule has 0 atom stereocenters. The van der Waals surface area contributed by atoms with E-state index in [2.05, 4.69) is 9.97 Å². The Morgan fingerprint density at radius 3 is 2.81 bits per heavy atom. The van der Waals surface area contributed by atoms with Crippen LogP contribution >= 0.6 is 0 Å². The molecular weight excluding hydrogens is 326 g/mol. The van der Waals surface area contributed by atoms with Gasteiger partial charge in [0.25, 0.3) is 5.91 Å². The molecule has 0 radical (unpaired) electrons. The van der Waals surface area contributed by atoms with Crippen LogP contribution in [0, 0.1) is 6.92 Å². The molecule has 26 heavy (non-hydrogen) atoms. The minimum atomic E-state index is -0.0571. The first-order valence-electron chi connectivity index (χ1n) is 8.58. The van der Waals surface area contributed by atoms with Crippen molar-refractivity contribution in [1.82, 2.24) is 9.97 Å². The standard InChI is InChI=1S/C21H19N3O2/c1-3-24(16-6-8-18-15(13-16)10-11-22-18)21(25)17-7-9-19(23-14(17)2)20-5-4-12-26-20/h4-13,22H,3H2,1-2H3. The van der Waals surface area contributed by atoms with E-state index in [1.54, 1.807) is 11.2 Å². The minimum absolute atomic E-state index is 0.0571. The summed E-state index contributed by atoms with van der Waals surface area (Å²) in [5.74, 6) is 0.635. The average Bonchev–Trinajstić information content (AvgIpc) is 3.33. The third-order valence-corrected chi connectivity index (χ3v) is 4.50. The molecule has 130 valence electrons. The molecule has 5 nitrogen and oxygen atoms in total. The maximum absolute atomic E-state index is 13.1. The number of hydrogen-bond donors (Lipinski definition) is 1. The van der Waals surface area contributed by atoms with Crippen LogP contribution in [0.2, 0.25) is 0 Å². The number of aromatic amines is 1. The molecule has 1 amide bonds. The average molecular weight is 345 g/mol. The van der Waals surface area contributed by atoms with Gasteiger partial charge in [-0.3, -0.25) is 4.79 Å². The zero-order valence-corrected chi connectivity index (χ0v) is 14.7. The second kappa shape index (κ2) is 6.52. The number of rotatable bonds is 4. The van der Waals surface area contributed by atoms with Gasteiger partial charge in [0.2, 0.25) is 0 Å². The summed E-state index contributed by atoms with van der Waals surface area (Å²) in [7, 11) is 0. The lowest BCUT2D eigenvalue weighted by atomic mass is 10.1. The summed E-state index contributed by atoms with van der Waals surface area (Å²) in [6.07, 6.45) is 3.51. The third kappa shape index (κ3) is 2.77. The van der Waals surface area contributed by atoms with Crippen LogP contribution in [0.25, 0.3) is 22.4 Å². The van der Waals surface area contributed by atoms with Crippen molar-refractivity contribution < 1.29 is 9.21 Å². The number of amides is 1. The zero-order chi connectivity index (χ0) is 18.1. The summed E-state index contributed by atoms with van der Waals surface area (Å²) in [6, 6.07) is 15.3. The number of pyridine rings is 1. The normalized spacial score (nSPS) is 11.0. The first-order chi connectivity index (χ1) is 12.7. The number of H-pyrrole nitrogens is 1. The van der Waals surface area contributed by atoms with Crippen molar-refractivity contribution in [3.63, 3.8) is 0 Å². The van der Waals surface area contributed by atoms with Crippen molar-refractivity contribution in [1.29, 1.82) is 0 Å². The molecule has 0 unspecified atom stereocenters. The monoisotopic (exact) mass is 345 g/mol. The smallest absolute Gasteiger partial charge is 0.260 e. The van der Waals surface area contributed by atoms with Gasteiger partial charge in [0.15, 0.2) is 5.76 Å². The Morgan fingerprint density at radius 1 is 1.19 bits per heavy atom. The molecule has 4 rings (SSSR count). The molecule has 0 spiro atoms. The van der Waals surface area contributed by atoms with E-state index in [1.807, 2.05) is 68.6 Å². The number of furan rings is 1. The highest BCUT2D eigenvalue weighted by molar-refractivity contribution is 6.07. The van der Waals surface area contributed by atoms with Gasteiger partial charge >= 0.3 is 0 Å². The summed E-state index contributed by atoms with van der Waals surface area (Å²) >= 11 is 0. The fourth-order valence-electron chi connectivity index (χ4n) is 3.15. The zero-order valence-electron chi connectivity index (χ0n) is 14.7. The lowest BCUT2D eigenvalue weighted by Gasteiger charge is -2.22. The molecule has 3 aromatic heterocycles. The second-order valence-electron chi connectivity index (χ2n) is 6.11. The molecule has 0 aliphatic heterocycles. The number of aromatic nitrogens is 2. The molecular formula is C21H19N3O2. The first-order valence-corrected chi connectivity index (χ1v) is 8.58. The van der Waals surface area contributed by atoms with E-state index < -0.39 is 0 Å². The Balaban J connectivity index is 1.68. The number of hydrogen-bond acceptors (Lipinski definition) is 3. The third-order valence-electron chi connectivity index (χ3n) is 4.50. The summed E-state index contributed by atoms with van der Waals surface area (Å²) in [4.78, 5) is 22.6. The van der Waals surface area contributed by atoms with Crippen LogP contribution in [0.3, 0.4) is 0 Å². The Hall–Kier alpha value is -3.34. The molecule has 0 aliphatic carbocycles. The number of carbonyl (C=O) groups excluding carboxylic acids is 1. The van der Waals surface area contributed by atoms with E-state index >= 15 is 0 Å². The van der Waals surface area contributed by atoms with E-state index in [0.29, 0.717) is 23.6 Å². The van der Waals surface area contributed by atoms with Crippen LogP contribution in [-0.2, 0) is 0 Å². The van der Waals surface area contributed by atoms with Gasteiger partial charge in [-0.25, -0.2) is 4.98 Å². The molecule has 1 aromatic carbocycles. The summed E-state index contributed by atoms with van der Waals surface area (Å²) in [6.45, 7) is 4.40. The highest BCUT2D eigenvalue weighted by atomic mass is 16.3. The molecule has 4 aromatic rings. The van der Waals surface area contributed by atoms with Crippen LogP contribution < -0.4 is 4.90 Å². The van der Waals surface area contributed by atoms with Crippen molar-refractivity contribution >= 4 is 22.5 Å². The molecule has 0 saturated heterocycles. The number of anilines is 1. The predicted octanol–water partition coefficient (Wildman–Crippen LogP) is 4.80. The topological polar surface area (TPSA) is 62.1 Å². The van der Waals surface area contributed by atoms with Gasteiger partial charge in [-0.05, 0) is 62.4 Å². The number of nitrogens with one attached hydrogen (secondary N) is 1. The molecule has 5 heteroatoms. The van der Waals surface area contributed by atoms with Crippen molar-refractivity contribution in [3.8, 4) is 11.5 Å². The Labute approximate surface area is 151 Å². The van der Waals surface area contributed by atoms with Crippen LogP contribution in [0.1, 0.15) is 23.0 Å². The summed E-state index contributed by atoms with van der Waals surface area (Å²) in [5.41, 5.74) is 3.93. The van der Waals surface area contributed by atoms with Crippen LogP contribution in [0.15, 0.2) is 65.4 Å². The maximum Gasteiger partial charge on any atom is 0.260 e. The lowest BCUT2D eigenvalue weighted by molar-refractivity contribution is 0.0987. The Morgan fingerprint density at radius 2 is 2.08 bits per heavy atom. The number of benzene rings is 1. The van der Waals surface area contributed by atoms with Crippen molar-refractivity contribution in [2.75, 3.05) is 11.4 Å². The number of nitrogens with zero attached hydrogens (tertiary/aromatic N) is 2. The molecule has 0 bridgehead atoms. The second-order valence-corrected chi connectivity index (χ2v) is 6.11. The summed E-state index contributed by atoms with van der Waals surface area (Å²) in [5, 5.41) is 1.08. The van der Waals surface area contributed by atoms with Gasteiger partial charge in [0.05, 0.1) is 17.5 Å². The quantitative estimate of drug-likeness (QED) is 0.578. The van der Waals surface area contributed by atoms with Crippen molar-refractivity contribution in [3.05, 3.63) is 72.2 Å². The van der Waals surface area contributed by atoms with Crippen LogP contribution in [0.5, 0.6) is 0 Å². The van der Waals surface area contributed by atoms with Crippen molar-refractivity contribution in [2.45, 2.75) is 13.8 Å². The number of aryl methyl sites for hydroxylation is 1. The fourth-order valence-corrected chi connectivity index (χ4v) is 3.15. The molecule has 3 heterocycles. The van der Waals surface area contributed by atoms with Gasteiger partial charge < -0.3 is 14.3 Å². The Bertz CT molecular complexity index is 1060. The van der Waals surface area contributed by atoms with E-state index in [-0.39, 0.29) is 5.91 Å². The van der Waals surface area contributed by atoms with E-state index in [9.17, 15) is 4.79 Å². The molecule has 0 saturated carbocycles. The first kappa shape index (κ1) is 16.1. The van der Waals surface area contributed by atoms with E-state index in [1.165, 1.54) is 0 Å². The van der Waals surface area contributed by atoms with Crippen LogP contribution in [0.4, 0.5) is 5.69 Å². The largest absolute Gasteiger partial charge is 0.463 e. The maximum atomic E-state index is 13.1. The van der Waals surface area contributed by atoms with Gasteiger partial charge in [-0.2, -0.15) is 0 Å². The lowest BCUT2D eigenvalue weighted by Crippen LogP contribution is -2.31. The SMILES string of the molecule is CCN(C(=O)c1ccc(-c2ccco2)nc1C)c1ccc2[nH]ccc2c1. The molecule has 1 N–H and O–H groups in total. The number of carbonyl (C=O) groups is 1. The van der Waals surface area contributed by atoms with E-state index in [0.717, 1.165) is 22.3 Å². The highest BCUT2D eigenvalue weighted by Crippen LogP contribution is 2.25. The highest BCUT2D eigenvalue weighted by Gasteiger charge is 2.20. The Kier molecular flexibility index (Phi) is 4.05. The van der Waals surface area contributed by atoms with Gasteiger partial charge in [-0.15, -0.1) is 0 Å². The van der Waals surface area contributed by atoms with E-state index in [4.69, 9.17) is 4.42 Å². The number of fused-ring (bicyclic) bond motifs is 1. The van der Waals surface area contributed by atoms with Gasteiger partial charge in [0.1, 0.15) is 5.69 Å². The minimum Gasteiger partial charge on any atom is -0.463 e. The van der Waals surface area contributed by atoms with Crippen LogP contribution in [-0.4, -0.2) is 22.4 Å². The molecule has 0 aliphatic rings. The van der Waals surface area contributed by atoms with Gasteiger partial charge in [0, 0.05) is 29.3 Å². The van der Waals surface area contributed by atoms with Gasteiger partial charge in [-0.1, -0.05) is 0 Å². The fraction of sp³-hybridized carbons (Fsp3) is 0.143. The summed E-state index contributed by atoms with van der Waals surface area (Å²) < 4.78 is 5.39. The predicted molar refractivity (Wildman–Crippen MR) is 102 cm³/mol.